The van der Waals surface area contributed by atoms with Crippen molar-refractivity contribution in [1.29, 1.82) is 0 Å². The Bertz CT molecular complexity index is 730. The van der Waals surface area contributed by atoms with Crippen LogP contribution in [0.5, 0.6) is 0 Å². The Balaban J connectivity index is 2.09. The number of para-hydroxylation sites is 1. The zero-order valence-corrected chi connectivity index (χ0v) is 13.0. The fraction of sp³-hybridized carbons (Fsp3) is 0.250. The zero-order chi connectivity index (χ0) is 14.8. The van der Waals surface area contributed by atoms with Crippen LogP contribution < -0.4 is 5.73 Å². The maximum atomic E-state index is 6.03. The highest BCUT2D eigenvalue weighted by atomic mass is 32.1. The first-order chi connectivity index (χ1) is 10.2. The van der Waals surface area contributed by atoms with Gasteiger partial charge >= 0.3 is 0 Å². The van der Waals surface area contributed by atoms with Crippen molar-refractivity contribution in [1.82, 2.24) is 14.8 Å². The van der Waals surface area contributed by atoms with Gasteiger partial charge in [-0.3, -0.25) is 0 Å². The monoisotopic (exact) mass is 298 g/mol. The van der Waals surface area contributed by atoms with E-state index in [9.17, 15) is 0 Å². The number of benzene rings is 1. The van der Waals surface area contributed by atoms with Gasteiger partial charge in [-0.25, -0.2) is 9.67 Å². The van der Waals surface area contributed by atoms with Crippen molar-refractivity contribution in [3.05, 3.63) is 63.9 Å². The number of hydrogen-bond acceptors (Lipinski definition) is 4. The van der Waals surface area contributed by atoms with Gasteiger partial charge in [-0.1, -0.05) is 18.2 Å². The SMILES string of the molecule is Cc1csc(C(CN)c2cc(C)nn2-c2ccccc2)n1. The number of thiazole rings is 1. The summed E-state index contributed by atoms with van der Waals surface area (Å²) in [5, 5.41) is 7.73. The maximum absolute atomic E-state index is 6.03. The van der Waals surface area contributed by atoms with E-state index in [1.807, 2.05) is 36.7 Å². The molecule has 0 saturated heterocycles. The topological polar surface area (TPSA) is 56.7 Å². The van der Waals surface area contributed by atoms with Crippen LogP contribution in [0.1, 0.15) is 28.0 Å². The van der Waals surface area contributed by atoms with Gasteiger partial charge in [0.15, 0.2) is 0 Å². The quantitative estimate of drug-likeness (QED) is 0.805. The molecule has 2 aromatic heterocycles. The van der Waals surface area contributed by atoms with Crippen LogP contribution in [0.3, 0.4) is 0 Å². The van der Waals surface area contributed by atoms with Gasteiger partial charge in [0, 0.05) is 17.6 Å². The van der Waals surface area contributed by atoms with Gasteiger partial charge in [0.2, 0.25) is 0 Å². The molecule has 4 nitrogen and oxygen atoms in total. The molecule has 1 aromatic carbocycles. The van der Waals surface area contributed by atoms with E-state index >= 15 is 0 Å². The average Bonchev–Trinajstić information content (AvgIpc) is 3.08. The first-order valence-electron chi connectivity index (χ1n) is 6.93. The molecule has 0 aliphatic rings. The fourth-order valence-electron chi connectivity index (χ4n) is 2.42. The molecule has 0 spiro atoms. The van der Waals surface area contributed by atoms with Crippen LogP contribution in [-0.2, 0) is 0 Å². The van der Waals surface area contributed by atoms with Crippen LogP contribution in [-0.4, -0.2) is 21.3 Å². The van der Waals surface area contributed by atoms with E-state index in [0.717, 1.165) is 27.8 Å². The molecule has 3 rings (SSSR count). The van der Waals surface area contributed by atoms with E-state index in [-0.39, 0.29) is 5.92 Å². The molecule has 0 bridgehead atoms. The Labute approximate surface area is 128 Å². The first kappa shape index (κ1) is 14.0. The molecule has 2 heterocycles. The molecule has 0 amide bonds. The van der Waals surface area contributed by atoms with Crippen molar-refractivity contribution in [2.45, 2.75) is 19.8 Å². The summed E-state index contributed by atoms with van der Waals surface area (Å²) >= 11 is 1.66. The van der Waals surface area contributed by atoms with Crippen LogP contribution >= 0.6 is 11.3 Å². The number of rotatable bonds is 4. The molecule has 21 heavy (non-hydrogen) atoms. The number of hydrogen-bond donors (Lipinski definition) is 1. The molecule has 1 unspecified atom stereocenters. The molecule has 2 N–H and O–H groups in total. The normalized spacial score (nSPS) is 12.5. The third-order valence-electron chi connectivity index (χ3n) is 3.39. The van der Waals surface area contributed by atoms with Crippen LogP contribution in [0.15, 0.2) is 41.8 Å². The number of aryl methyl sites for hydroxylation is 2. The van der Waals surface area contributed by atoms with Crippen molar-refractivity contribution in [2.75, 3.05) is 6.54 Å². The highest BCUT2D eigenvalue weighted by Gasteiger charge is 2.21. The Hall–Kier alpha value is -1.98. The average molecular weight is 298 g/mol. The third-order valence-corrected chi connectivity index (χ3v) is 4.46. The third kappa shape index (κ3) is 2.75. The number of nitrogens with zero attached hydrogens (tertiary/aromatic N) is 3. The standard InChI is InChI=1S/C16H18N4S/c1-11-8-15(14(9-17)16-18-12(2)10-21-16)20(19-11)13-6-4-3-5-7-13/h3-8,10,14H,9,17H2,1-2H3. The summed E-state index contributed by atoms with van der Waals surface area (Å²) in [6.07, 6.45) is 0. The molecule has 5 heteroatoms. The summed E-state index contributed by atoms with van der Waals surface area (Å²) in [5.74, 6) is 0.0742. The Kier molecular flexibility index (Phi) is 3.86. The minimum Gasteiger partial charge on any atom is -0.329 e. The van der Waals surface area contributed by atoms with Gasteiger partial charge in [0.05, 0.1) is 23.0 Å². The lowest BCUT2D eigenvalue weighted by molar-refractivity contribution is 0.713. The Morgan fingerprint density at radius 2 is 1.95 bits per heavy atom. The van der Waals surface area contributed by atoms with Crippen LogP contribution in [0.25, 0.3) is 5.69 Å². The van der Waals surface area contributed by atoms with Gasteiger partial charge in [0.1, 0.15) is 5.01 Å². The minimum absolute atomic E-state index is 0.0742. The predicted molar refractivity (Wildman–Crippen MR) is 86.0 cm³/mol. The molecule has 0 aliphatic carbocycles. The van der Waals surface area contributed by atoms with E-state index in [1.54, 1.807) is 11.3 Å². The summed E-state index contributed by atoms with van der Waals surface area (Å²) in [5.41, 5.74) is 10.2. The molecular formula is C16H18N4S. The fourth-order valence-corrected chi connectivity index (χ4v) is 3.35. The van der Waals surface area contributed by atoms with E-state index in [4.69, 9.17) is 5.73 Å². The highest BCUT2D eigenvalue weighted by Crippen LogP contribution is 2.28. The zero-order valence-electron chi connectivity index (χ0n) is 12.2. The first-order valence-corrected chi connectivity index (χ1v) is 7.81. The van der Waals surface area contributed by atoms with Gasteiger partial charge in [0.25, 0.3) is 0 Å². The molecule has 0 saturated carbocycles. The maximum Gasteiger partial charge on any atom is 0.103 e. The summed E-state index contributed by atoms with van der Waals surface area (Å²) < 4.78 is 1.98. The van der Waals surface area contributed by atoms with Gasteiger partial charge in [-0.05, 0) is 32.0 Å². The lowest BCUT2D eigenvalue weighted by Gasteiger charge is -2.14. The molecular weight excluding hydrogens is 280 g/mol. The van der Waals surface area contributed by atoms with Crippen molar-refractivity contribution >= 4 is 11.3 Å². The molecule has 108 valence electrons. The smallest absolute Gasteiger partial charge is 0.103 e. The number of nitrogens with two attached hydrogens (primary N) is 1. The predicted octanol–water partition coefficient (Wildman–Crippen LogP) is 3.04. The van der Waals surface area contributed by atoms with E-state index in [0.29, 0.717) is 6.54 Å². The second-order valence-corrected chi connectivity index (χ2v) is 5.96. The van der Waals surface area contributed by atoms with Gasteiger partial charge < -0.3 is 5.73 Å². The van der Waals surface area contributed by atoms with Gasteiger partial charge in [-0.15, -0.1) is 11.3 Å². The largest absolute Gasteiger partial charge is 0.329 e. The molecule has 0 fully saturated rings. The molecule has 0 aliphatic heterocycles. The molecule has 0 radical (unpaired) electrons. The van der Waals surface area contributed by atoms with Crippen LogP contribution in [0.2, 0.25) is 0 Å². The second-order valence-electron chi connectivity index (χ2n) is 5.07. The summed E-state index contributed by atoms with van der Waals surface area (Å²) in [4.78, 5) is 4.60. The highest BCUT2D eigenvalue weighted by molar-refractivity contribution is 7.09. The van der Waals surface area contributed by atoms with E-state index in [1.165, 1.54) is 0 Å². The molecule has 3 aromatic rings. The lowest BCUT2D eigenvalue weighted by Crippen LogP contribution is -2.17. The van der Waals surface area contributed by atoms with Crippen molar-refractivity contribution < 1.29 is 0 Å². The Morgan fingerprint density at radius 3 is 2.57 bits per heavy atom. The van der Waals surface area contributed by atoms with Gasteiger partial charge in [-0.2, -0.15) is 5.10 Å². The van der Waals surface area contributed by atoms with Crippen LogP contribution in [0, 0.1) is 13.8 Å². The van der Waals surface area contributed by atoms with E-state index in [2.05, 4.69) is 33.7 Å². The number of aromatic nitrogens is 3. The van der Waals surface area contributed by atoms with E-state index < -0.39 is 0 Å². The molecule has 1 atom stereocenters. The van der Waals surface area contributed by atoms with Crippen molar-refractivity contribution in [3.63, 3.8) is 0 Å². The summed E-state index contributed by atoms with van der Waals surface area (Å²) in [6.45, 7) is 4.53. The van der Waals surface area contributed by atoms with Crippen molar-refractivity contribution in [3.8, 4) is 5.69 Å². The lowest BCUT2D eigenvalue weighted by atomic mass is 10.1. The Morgan fingerprint density at radius 1 is 1.19 bits per heavy atom. The summed E-state index contributed by atoms with van der Waals surface area (Å²) in [6, 6.07) is 12.2. The summed E-state index contributed by atoms with van der Waals surface area (Å²) in [7, 11) is 0. The second kappa shape index (κ2) is 5.79. The minimum atomic E-state index is 0.0742. The van der Waals surface area contributed by atoms with Crippen molar-refractivity contribution in [2.24, 2.45) is 5.73 Å². The van der Waals surface area contributed by atoms with Crippen LogP contribution in [0.4, 0.5) is 0 Å².